The van der Waals surface area contributed by atoms with Crippen LogP contribution in [0.5, 0.6) is 0 Å². The first kappa shape index (κ1) is 11.0. The number of hydrogen-bond acceptors (Lipinski definition) is 1. The van der Waals surface area contributed by atoms with Crippen molar-refractivity contribution in [2.75, 3.05) is 5.88 Å². The lowest BCUT2D eigenvalue weighted by Crippen LogP contribution is -2.01. The highest BCUT2D eigenvalue weighted by molar-refractivity contribution is 9.10. The molecule has 0 saturated heterocycles. The van der Waals surface area contributed by atoms with Crippen LogP contribution in [0.3, 0.4) is 0 Å². The van der Waals surface area contributed by atoms with Crippen molar-refractivity contribution in [3.63, 3.8) is 0 Å². The zero-order valence-corrected chi connectivity index (χ0v) is 9.38. The number of hydrogen-bond donors (Lipinski definition) is 0. The van der Waals surface area contributed by atoms with Gasteiger partial charge in [-0.3, -0.25) is 4.79 Å². The second-order valence-corrected chi connectivity index (χ2v) is 3.78. The number of carbonyl (C=O) groups is 1. The van der Waals surface area contributed by atoms with Crippen molar-refractivity contribution in [1.29, 1.82) is 0 Å². The molecule has 0 saturated carbocycles. The molecular weight excluding hydrogens is 282 g/mol. The van der Waals surface area contributed by atoms with Crippen LogP contribution in [0.4, 0.5) is 4.39 Å². The van der Waals surface area contributed by atoms with E-state index in [4.69, 9.17) is 23.2 Å². The average Bonchev–Trinajstić information content (AvgIpc) is 2.12. The summed E-state index contributed by atoms with van der Waals surface area (Å²) in [5.41, 5.74) is 0.181. The van der Waals surface area contributed by atoms with Gasteiger partial charge in [-0.15, -0.1) is 11.6 Å². The van der Waals surface area contributed by atoms with Crippen LogP contribution in [-0.2, 0) is 0 Å². The molecule has 1 aromatic carbocycles. The van der Waals surface area contributed by atoms with Crippen molar-refractivity contribution in [3.05, 3.63) is 33.0 Å². The Labute approximate surface area is 93.0 Å². The van der Waals surface area contributed by atoms with Gasteiger partial charge in [0.15, 0.2) is 5.78 Å². The predicted molar refractivity (Wildman–Crippen MR) is 54.2 cm³/mol. The van der Waals surface area contributed by atoms with Crippen LogP contribution >= 0.6 is 39.1 Å². The molecule has 0 aliphatic heterocycles. The first-order valence-electron chi connectivity index (χ1n) is 3.30. The summed E-state index contributed by atoms with van der Waals surface area (Å²) < 4.78 is 13.2. The summed E-state index contributed by atoms with van der Waals surface area (Å²) in [6.07, 6.45) is 0. The Balaban J connectivity index is 3.20. The Hall–Kier alpha value is -0.120. The van der Waals surface area contributed by atoms with E-state index in [1.807, 2.05) is 0 Å². The summed E-state index contributed by atoms with van der Waals surface area (Å²) in [4.78, 5) is 11.1. The fourth-order valence-corrected chi connectivity index (χ4v) is 1.38. The second kappa shape index (κ2) is 4.40. The quantitative estimate of drug-likeness (QED) is 0.460. The minimum Gasteiger partial charge on any atom is -0.293 e. The molecule has 0 unspecified atom stereocenters. The van der Waals surface area contributed by atoms with E-state index in [-0.39, 0.29) is 26.7 Å². The van der Waals surface area contributed by atoms with Crippen molar-refractivity contribution < 1.29 is 9.18 Å². The van der Waals surface area contributed by atoms with Crippen LogP contribution in [0.25, 0.3) is 0 Å². The van der Waals surface area contributed by atoms with Gasteiger partial charge in [0, 0.05) is 5.56 Å². The summed E-state index contributed by atoms with van der Waals surface area (Å²) in [5.74, 6) is -1.10. The lowest BCUT2D eigenvalue weighted by Gasteiger charge is -2.01. The molecule has 0 spiro atoms. The van der Waals surface area contributed by atoms with E-state index >= 15 is 0 Å². The fourth-order valence-electron chi connectivity index (χ4n) is 0.794. The summed E-state index contributed by atoms with van der Waals surface area (Å²) in [6.45, 7) is 0. The van der Waals surface area contributed by atoms with E-state index in [0.29, 0.717) is 0 Å². The van der Waals surface area contributed by atoms with Gasteiger partial charge in [-0.2, -0.15) is 0 Å². The van der Waals surface area contributed by atoms with Gasteiger partial charge in [-0.05, 0) is 28.1 Å². The molecule has 13 heavy (non-hydrogen) atoms. The van der Waals surface area contributed by atoms with Crippen LogP contribution in [0, 0.1) is 5.82 Å². The third-order valence-electron chi connectivity index (χ3n) is 1.43. The molecule has 1 rings (SSSR count). The normalized spacial score (nSPS) is 10.2. The molecule has 0 N–H and O–H groups in total. The van der Waals surface area contributed by atoms with Gasteiger partial charge in [0.2, 0.25) is 0 Å². The van der Waals surface area contributed by atoms with Crippen LogP contribution < -0.4 is 0 Å². The third-order valence-corrected chi connectivity index (χ3v) is 3.00. The second-order valence-electron chi connectivity index (χ2n) is 2.31. The molecule has 0 aliphatic carbocycles. The van der Waals surface area contributed by atoms with Crippen molar-refractivity contribution in [1.82, 2.24) is 0 Å². The zero-order valence-electron chi connectivity index (χ0n) is 6.28. The molecule has 70 valence electrons. The first-order valence-corrected chi connectivity index (χ1v) is 5.00. The number of carbonyl (C=O) groups excluding carboxylic acids is 1. The van der Waals surface area contributed by atoms with E-state index < -0.39 is 5.82 Å². The molecule has 0 atom stereocenters. The van der Waals surface area contributed by atoms with Gasteiger partial charge in [-0.1, -0.05) is 11.6 Å². The largest absolute Gasteiger partial charge is 0.293 e. The van der Waals surface area contributed by atoms with E-state index in [1.54, 1.807) is 0 Å². The maximum Gasteiger partial charge on any atom is 0.177 e. The highest BCUT2D eigenvalue weighted by Crippen LogP contribution is 2.27. The van der Waals surface area contributed by atoms with Crippen LogP contribution in [0.15, 0.2) is 16.6 Å². The van der Waals surface area contributed by atoms with Gasteiger partial charge in [0.05, 0.1) is 15.4 Å². The van der Waals surface area contributed by atoms with Crippen molar-refractivity contribution >= 4 is 44.9 Å². The molecule has 0 bridgehead atoms. The van der Waals surface area contributed by atoms with Crippen LogP contribution in [0.2, 0.25) is 5.02 Å². The highest BCUT2D eigenvalue weighted by Gasteiger charge is 2.11. The average molecular weight is 286 g/mol. The molecule has 1 nitrogen and oxygen atoms in total. The minimum absolute atomic E-state index is 0.153. The lowest BCUT2D eigenvalue weighted by molar-refractivity contribution is 0.102. The van der Waals surface area contributed by atoms with E-state index in [1.165, 1.54) is 6.07 Å². The Morgan fingerprint density at radius 3 is 2.62 bits per heavy atom. The first-order chi connectivity index (χ1) is 6.06. The Morgan fingerprint density at radius 2 is 2.15 bits per heavy atom. The number of Topliss-reactive ketones (excluding diaryl/α,β-unsaturated/α-hetero) is 1. The van der Waals surface area contributed by atoms with Crippen molar-refractivity contribution in [2.45, 2.75) is 0 Å². The number of alkyl halides is 1. The molecule has 0 amide bonds. The van der Waals surface area contributed by atoms with Gasteiger partial charge in [0.25, 0.3) is 0 Å². The predicted octanol–water partition coefficient (Wildman–Crippen LogP) is 3.66. The number of ketones is 1. The molecule has 0 fully saturated rings. The van der Waals surface area contributed by atoms with Gasteiger partial charge in [0.1, 0.15) is 5.82 Å². The fraction of sp³-hybridized carbons (Fsp3) is 0.125. The maximum atomic E-state index is 13.0. The van der Waals surface area contributed by atoms with Gasteiger partial charge >= 0.3 is 0 Å². The topological polar surface area (TPSA) is 17.1 Å². The molecule has 0 aromatic heterocycles. The maximum absolute atomic E-state index is 13.0. The SMILES string of the molecule is O=C(CCl)c1cc(F)c(Br)c(Cl)c1. The Bertz CT molecular complexity index is 331. The van der Waals surface area contributed by atoms with Crippen molar-refractivity contribution in [2.24, 2.45) is 0 Å². The van der Waals surface area contributed by atoms with Crippen molar-refractivity contribution in [3.8, 4) is 0 Å². The van der Waals surface area contributed by atoms with Crippen LogP contribution in [0.1, 0.15) is 10.4 Å². The van der Waals surface area contributed by atoms with Gasteiger partial charge in [-0.25, -0.2) is 4.39 Å². The Kier molecular flexibility index (Phi) is 3.71. The summed E-state index contributed by atoms with van der Waals surface area (Å²) in [7, 11) is 0. The summed E-state index contributed by atoms with van der Waals surface area (Å²) in [5, 5.41) is 0.161. The summed E-state index contributed by atoms with van der Waals surface area (Å²) >= 11 is 13.9. The third kappa shape index (κ3) is 2.42. The van der Waals surface area contributed by atoms with E-state index in [0.717, 1.165) is 6.07 Å². The zero-order chi connectivity index (χ0) is 10.0. The standard InChI is InChI=1S/C8H4BrCl2FO/c9-8-5(11)1-4(2-6(8)12)7(13)3-10/h1-2H,3H2. The monoisotopic (exact) mass is 284 g/mol. The van der Waals surface area contributed by atoms with E-state index in [9.17, 15) is 9.18 Å². The van der Waals surface area contributed by atoms with Crippen LogP contribution in [-0.4, -0.2) is 11.7 Å². The molecular formula is C8H4BrCl2FO. The number of rotatable bonds is 2. The minimum atomic E-state index is -0.569. The highest BCUT2D eigenvalue weighted by atomic mass is 79.9. The summed E-state index contributed by atoms with van der Waals surface area (Å²) in [6, 6.07) is 2.47. The van der Waals surface area contributed by atoms with Gasteiger partial charge < -0.3 is 0 Å². The lowest BCUT2D eigenvalue weighted by atomic mass is 10.1. The smallest absolute Gasteiger partial charge is 0.177 e. The van der Waals surface area contributed by atoms with E-state index in [2.05, 4.69) is 15.9 Å². The molecule has 0 aliphatic rings. The molecule has 1 aromatic rings. The molecule has 0 radical (unpaired) electrons. The number of benzene rings is 1. The molecule has 0 heterocycles. The number of halogens is 4. The Morgan fingerprint density at radius 1 is 1.54 bits per heavy atom. The molecule has 5 heteroatoms.